The largest absolute Gasteiger partial charge is 0.384 e. The molecular weight excluding hydrogens is 258 g/mol. The maximum absolute atomic E-state index is 12.5. The number of carbonyl (C=O) groups excluding carboxylic acids is 1. The topological polar surface area (TPSA) is 29.1 Å². The van der Waals surface area contributed by atoms with Gasteiger partial charge in [0.05, 0.1) is 0 Å². The van der Waals surface area contributed by atoms with E-state index in [4.69, 9.17) is 11.6 Å². The second kappa shape index (κ2) is 6.39. The Kier molecular flexibility index (Phi) is 4.58. The second-order valence-corrected chi connectivity index (χ2v) is 4.75. The van der Waals surface area contributed by atoms with Gasteiger partial charge in [0.1, 0.15) is 0 Å². The Hall–Kier alpha value is -1.80. The maximum Gasteiger partial charge on any atom is 0.195 e. The van der Waals surface area contributed by atoms with Gasteiger partial charge in [-0.15, -0.1) is 0 Å². The van der Waals surface area contributed by atoms with Crippen molar-refractivity contribution in [1.82, 2.24) is 0 Å². The molecule has 0 saturated heterocycles. The van der Waals surface area contributed by atoms with Crippen LogP contribution in [0.5, 0.6) is 0 Å². The molecule has 0 fully saturated rings. The van der Waals surface area contributed by atoms with Crippen LogP contribution in [-0.4, -0.2) is 12.3 Å². The molecule has 0 heterocycles. The zero-order valence-electron chi connectivity index (χ0n) is 10.8. The van der Waals surface area contributed by atoms with Crippen molar-refractivity contribution in [3.63, 3.8) is 0 Å². The van der Waals surface area contributed by atoms with E-state index >= 15 is 0 Å². The fourth-order valence-electron chi connectivity index (χ4n) is 1.86. The molecule has 0 saturated carbocycles. The number of rotatable bonds is 5. The Morgan fingerprint density at radius 3 is 2.58 bits per heavy atom. The number of ketones is 1. The van der Waals surface area contributed by atoms with Crippen molar-refractivity contribution >= 4 is 23.1 Å². The molecule has 2 aromatic rings. The van der Waals surface area contributed by atoms with E-state index < -0.39 is 0 Å². The molecule has 0 bridgehead atoms. The molecule has 0 spiro atoms. The van der Waals surface area contributed by atoms with Crippen LogP contribution in [0, 0.1) is 0 Å². The van der Waals surface area contributed by atoms with E-state index in [1.165, 1.54) is 0 Å². The summed E-state index contributed by atoms with van der Waals surface area (Å²) in [6.45, 7) is 2.91. The maximum atomic E-state index is 12.5. The average Bonchev–Trinajstić information content (AvgIpc) is 2.46. The summed E-state index contributed by atoms with van der Waals surface area (Å²) in [4.78, 5) is 12.5. The van der Waals surface area contributed by atoms with Gasteiger partial charge >= 0.3 is 0 Å². The average molecular weight is 274 g/mol. The molecule has 0 atom stereocenters. The predicted octanol–water partition coefficient (Wildman–Crippen LogP) is 4.39. The minimum absolute atomic E-state index is 0.0123. The minimum atomic E-state index is -0.0123. The van der Waals surface area contributed by atoms with E-state index in [1.54, 1.807) is 12.1 Å². The summed E-state index contributed by atoms with van der Waals surface area (Å²) >= 11 is 6.00. The van der Waals surface area contributed by atoms with Crippen LogP contribution in [0.3, 0.4) is 0 Å². The molecule has 0 amide bonds. The summed E-state index contributed by atoms with van der Waals surface area (Å²) in [6, 6.07) is 14.6. The van der Waals surface area contributed by atoms with Crippen LogP contribution in [-0.2, 0) is 0 Å². The van der Waals surface area contributed by atoms with Crippen molar-refractivity contribution in [2.24, 2.45) is 0 Å². The number of benzene rings is 2. The molecule has 0 aliphatic rings. The quantitative estimate of drug-likeness (QED) is 0.819. The molecule has 0 aliphatic heterocycles. The first kappa shape index (κ1) is 13.6. The minimum Gasteiger partial charge on any atom is -0.384 e. The number of hydrogen-bond acceptors (Lipinski definition) is 2. The van der Waals surface area contributed by atoms with Gasteiger partial charge in [-0.3, -0.25) is 4.79 Å². The fraction of sp³-hybridized carbons (Fsp3) is 0.188. The van der Waals surface area contributed by atoms with E-state index in [2.05, 4.69) is 12.2 Å². The molecule has 0 aromatic heterocycles. The molecule has 98 valence electrons. The van der Waals surface area contributed by atoms with Gasteiger partial charge < -0.3 is 5.32 Å². The van der Waals surface area contributed by atoms with Gasteiger partial charge in [0.2, 0.25) is 0 Å². The smallest absolute Gasteiger partial charge is 0.195 e. The molecule has 1 N–H and O–H groups in total. The third kappa shape index (κ3) is 3.36. The van der Waals surface area contributed by atoms with E-state index in [-0.39, 0.29) is 5.78 Å². The van der Waals surface area contributed by atoms with Gasteiger partial charge in [0, 0.05) is 28.4 Å². The lowest BCUT2D eigenvalue weighted by molar-refractivity contribution is 0.103. The highest BCUT2D eigenvalue weighted by atomic mass is 35.5. The van der Waals surface area contributed by atoms with E-state index in [0.29, 0.717) is 16.1 Å². The molecule has 19 heavy (non-hydrogen) atoms. The Balaban J connectivity index is 2.37. The first-order valence-electron chi connectivity index (χ1n) is 6.35. The Bertz CT molecular complexity index is 566. The number of anilines is 1. The van der Waals surface area contributed by atoms with E-state index in [1.807, 2.05) is 36.4 Å². The number of halogens is 1. The van der Waals surface area contributed by atoms with Crippen LogP contribution in [0.15, 0.2) is 48.5 Å². The van der Waals surface area contributed by atoms with Crippen LogP contribution < -0.4 is 5.32 Å². The number of nitrogens with one attached hydrogen (secondary N) is 1. The van der Waals surface area contributed by atoms with E-state index in [0.717, 1.165) is 18.7 Å². The van der Waals surface area contributed by atoms with Crippen molar-refractivity contribution in [3.05, 3.63) is 64.7 Å². The van der Waals surface area contributed by atoms with Gasteiger partial charge in [-0.2, -0.15) is 0 Å². The monoisotopic (exact) mass is 273 g/mol. The summed E-state index contributed by atoms with van der Waals surface area (Å²) in [5.41, 5.74) is 2.12. The second-order valence-electron chi connectivity index (χ2n) is 4.31. The van der Waals surface area contributed by atoms with E-state index in [9.17, 15) is 4.79 Å². The normalized spacial score (nSPS) is 10.2. The molecule has 0 aliphatic carbocycles. The molecule has 2 aromatic carbocycles. The SMILES string of the molecule is CCCNc1ccc(Cl)cc1C(=O)c1ccccc1. The number of hydrogen-bond donors (Lipinski definition) is 1. The van der Waals surface area contributed by atoms with Gasteiger partial charge in [-0.05, 0) is 24.6 Å². The highest BCUT2D eigenvalue weighted by molar-refractivity contribution is 6.31. The molecule has 0 unspecified atom stereocenters. The standard InChI is InChI=1S/C16H16ClNO/c1-2-10-18-15-9-8-13(17)11-14(15)16(19)12-6-4-3-5-7-12/h3-9,11,18H,2,10H2,1H3. The predicted molar refractivity (Wildman–Crippen MR) is 80.1 cm³/mol. The van der Waals surface area contributed by atoms with Crippen LogP contribution in [0.1, 0.15) is 29.3 Å². The van der Waals surface area contributed by atoms with Crippen LogP contribution in [0.4, 0.5) is 5.69 Å². The fourth-order valence-corrected chi connectivity index (χ4v) is 2.04. The Morgan fingerprint density at radius 2 is 1.89 bits per heavy atom. The highest BCUT2D eigenvalue weighted by Gasteiger charge is 2.13. The Morgan fingerprint density at radius 1 is 1.16 bits per heavy atom. The summed E-state index contributed by atoms with van der Waals surface area (Å²) in [7, 11) is 0. The molecular formula is C16H16ClNO. The molecule has 3 heteroatoms. The van der Waals surface area contributed by atoms with Crippen molar-refractivity contribution in [2.45, 2.75) is 13.3 Å². The lowest BCUT2D eigenvalue weighted by atomic mass is 10.0. The summed E-state index contributed by atoms with van der Waals surface area (Å²) in [5, 5.41) is 3.83. The Labute approximate surface area is 118 Å². The third-order valence-corrected chi connectivity index (χ3v) is 3.06. The van der Waals surface area contributed by atoms with Crippen molar-refractivity contribution < 1.29 is 4.79 Å². The van der Waals surface area contributed by atoms with Crippen LogP contribution >= 0.6 is 11.6 Å². The first-order valence-corrected chi connectivity index (χ1v) is 6.73. The zero-order valence-corrected chi connectivity index (χ0v) is 11.6. The van der Waals surface area contributed by atoms with Crippen molar-refractivity contribution in [2.75, 3.05) is 11.9 Å². The summed E-state index contributed by atoms with van der Waals surface area (Å²) in [6.07, 6.45) is 1.00. The lowest BCUT2D eigenvalue weighted by Crippen LogP contribution is -2.08. The molecule has 2 nitrogen and oxygen atoms in total. The van der Waals surface area contributed by atoms with Crippen molar-refractivity contribution in [3.8, 4) is 0 Å². The van der Waals surface area contributed by atoms with Gasteiger partial charge in [-0.1, -0.05) is 48.9 Å². The zero-order chi connectivity index (χ0) is 13.7. The lowest BCUT2D eigenvalue weighted by Gasteiger charge is -2.11. The number of carbonyl (C=O) groups is 1. The van der Waals surface area contributed by atoms with Crippen molar-refractivity contribution in [1.29, 1.82) is 0 Å². The molecule has 0 radical (unpaired) electrons. The van der Waals surface area contributed by atoms with Gasteiger partial charge in [0.25, 0.3) is 0 Å². The third-order valence-electron chi connectivity index (χ3n) is 2.83. The summed E-state index contributed by atoms with van der Waals surface area (Å²) < 4.78 is 0. The van der Waals surface area contributed by atoms with Crippen LogP contribution in [0.2, 0.25) is 5.02 Å². The van der Waals surface area contributed by atoms with Gasteiger partial charge in [-0.25, -0.2) is 0 Å². The molecule has 2 rings (SSSR count). The summed E-state index contributed by atoms with van der Waals surface area (Å²) in [5.74, 6) is -0.0123. The van der Waals surface area contributed by atoms with Gasteiger partial charge in [0.15, 0.2) is 5.78 Å². The highest BCUT2D eigenvalue weighted by Crippen LogP contribution is 2.23. The van der Waals surface area contributed by atoms with Crippen LogP contribution in [0.25, 0.3) is 0 Å². The first-order chi connectivity index (χ1) is 9.22.